The highest BCUT2D eigenvalue weighted by Gasteiger charge is 2.08. The molecule has 0 spiro atoms. The Hall–Kier alpha value is -1.77. The number of ether oxygens (including phenoxy) is 1. The Bertz CT molecular complexity index is 459. The third kappa shape index (κ3) is 3.91. The van der Waals surface area contributed by atoms with Crippen LogP contribution in [0, 0.1) is 19.8 Å². The minimum absolute atomic E-state index is 0.159. The first-order valence-electron chi connectivity index (χ1n) is 6.04. The topological polar surface area (TPSA) is 46.5 Å². The van der Waals surface area contributed by atoms with Crippen LogP contribution >= 0.6 is 0 Å². The van der Waals surface area contributed by atoms with Gasteiger partial charge in [0.25, 0.3) is 0 Å². The van der Waals surface area contributed by atoms with Gasteiger partial charge in [0, 0.05) is 6.08 Å². The van der Waals surface area contributed by atoms with Gasteiger partial charge in [0.2, 0.25) is 0 Å². The number of carboxylic acids is 1. The zero-order valence-electron chi connectivity index (χ0n) is 11.4. The van der Waals surface area contributed by atoms with Gasteiger partial charge in [0.1, 0.15) is 12.4 Å². The maximum atomic E-state index is 10.7. The molecular weight excluding hydrogens is 228 g/mol. The van der Waals surface area contributed by atoms with Crippen LogP contribution in [0.3, 0.4) is 0 Å². The van der Waals surface area contributed by atoms with E-state index in [-0.39, 0.29) is 5.92 Å². The molecule has 0 unspecified atom stereocenters. The van der Waals surface area contributed by atoms with E-state index >= 15 is 0 Å². The molecular formula is C15H20O3. The summed E-state index contributed by atoms with van der Waals surface area (Å²) < 4.78 is 5.71. The summed E-state index contributed by atoms with van der Waals surface area (Å²) in [7, 11) is 0. The van der Waals surface area contributed by atoms with Gasteiger partial charge in [0.05, 0.1) is 0 Å². The smallest absolute Gasteiger partial charge is 0.328 e. The lowest BCUT2D eigenvalue weighted by atomic mass is 10.0. The average Bonchev–Trinajstić information content (AvgIpc) is 2.28. The number of rotatable bonds is 5. The largest absolute Gasteiger partial charge is 0.489 e. The second-order valence-corrected chi connectivity index (χ2v) is 4.70. The van der Waals surface area contributed by atoms with Crippen molar-refractivity contribution in [2.75, 3.05) is 6.61 Å². The van der Waals surface area contributed by atoms with Crippen LogP contribution in [0.1, 0.15) is 25.0 Å². The molecule has 0 atom stereocenters. The molecule has 18 heavy (non-hydrogen) atoms. The first kappa shape index (κ1) is 14.3. The van der Waals surface area contributed by atoms with Crippen LogP contribution in [-0.4, -0.2) is 17.7 Å². The van der Waals surface area contributed by atoms with Crippen molar-refractivity contribution in [1.82, 2.24) is 0 Å². The van der Waals surface area contributed by atoms with Crippen LogP contribution < -0.4 is 4.74 Å². The number of hydrogen-bond donors (Lipinski definition) is 1. The molecule has 3 heteroatoms. The Morgan fingerprint density at radius 3 is 2.61 bits per heavy atom. The monoisotopic (exact) mass is 248 g/mol. The molecule has 1 N–H and O–H groups in total. The Labute approximate surface area is 108 Å². The Morgan fingerprint density at radius 2 is 2.06 bits per heavy atom. The summed E-state index contributed by atoms with van der Waals surface area (Å²) in [5.41, 5.74) is 3.04. The first-order valence-corrected chi connectivity index (χ1v) is 6.04. The van der Waals surface area contributed by atoms with Crippen molar-refractivity contribution >= 4 is 5.97 Å². The van der Waals surface area contributed by atoms with Crippen LogP contribution in [0.2, 0.25) is 0 Å². The third-order valence-corrected chi connectivity index (χ3v) is 3.00. The zero-order chi connectivity index (χ0) is 13.7. The van der Waals surface area contributed by atoms with Gasteiger partial charge in [-0.25, -0.2) is 4.79 Å². The summed E-state index contributed by atoms with van der Waals surface area (Å²) in [6.45, 7) is 8.26. The van der Waals surface area contributed by atoms with E-state index in [0.717, 1.165) is 16.9 Å². The molecule has 1 rings (SSSR count). The van der Waals surface area contributed by atoms with Crippen LogP contribution in [0.5, 0.6) is 5.75 Å². The van der Waals surface area contributed by atoms with Crippen molar-refractivity contribution in [2.24, 2.45) is 5.92 Å². The number of hydrogen-bond acceptors (Lipinski definition) is 2. The highest BCUT2D eigenvalue weighted by molar-refractivity contribution is 5.80. The summed E-state index contributed by atoms with van der Waals surface area (Å²) in [5.74, 6) is 0.0430. The maximum Gasteiger partial charge on any atom is 0.328 e. The molecule has 0 amide bonds. The fourth-order valence-electron chi connectivity index (χ4n) is 1.58. The molecule has 0 aromatic heterocycles. The summed E-state index contributed by atoms with van der Waals surface area (Å²) in [6, 6.07) is 5.87. The van der Waals surface area contributed by atoms with Crippen molar-refractivity contribution in [3.63, 3.8) is 0 Å². The van der Waals surface area contributed by atoms with E-state index in [2.05, 4.69) is 0 Å². The molecule has 0 bridgehead atoms. The second kappa shape index (κ2) is 6.24. The number of aryl methyl sites for hydroxylation is 1. The Balaban J connectivity index is 2.80. The highest BCUT2D eigenvalue weighted by atomic mass is 16.5. The lowest BCUT2D eigenvalue weighted by molar-refractivity contribution is -0.131. The van der Waals surface area contributed by atoms with Gasteiger partial charge in [-0.1, -0.05) is 26.0 Å². The summed E-state index contributed by atoms with van der Waals surface area (Å²) in [5, 5.41) is 8.80. The van der Waals surface area contributed by atoms with E-state index in [1.807, 2.05) is 45.9 Å². The molecule has 0 aliphatic carbocycles. The molecule has 1 aromatic carbocycles. The van der Waals surface area contributed by atoms with Crippen LogP contribution in [-0.2, 0) is 4.79 Å². The standard InChI is InChI=1S/C15H20O3/c1-10(2)13(8-15(16)17)9-18-14-7-5-6-11(3)12(14)4/h5-8,10H,9H2,1-4H3,(H,16,17)/b13-8-. The normalized spacial score (nSPS) is 11.7. The molecule has 0 fully saturated rings. The fraction of sp³-hybridized carbons (Fsp3) is 0.400. The molecule has 0 saturated carbocycles. The first-order chi connectivity index (χ1) is 8.41. The van der Waals surface area contributed by atoms with Crippen LogP contribution in [0.25, 0.3) is 0 Å². The van der Waals surface area contributed by atoms with E-state index < -0.39 is 5.97 Å². The van der Waals surface area contributed by atoms with Gasteiger partial charge in [-0.3, -0.25) is 0 Å². The van der Waals surface area contributed by atoms with Crippen molar-refractivity contribution in [1.29, 1.82) is 0 Å². The van der Waals surface area contributed by atoms with E-state index in [0.29, 0.717) is 6.61 Å². The lowest BCUT2D eigenvalue weighted by Crippen LogP contribution is -2.09. The van der Waals surface area contributed by atoms with E-state index in [1.165, 1.54) is 11.6 Å². The molecule has 1 aromatic rings. The van der Waals surface area contributed by atoms with Gasteiger partial charge < -0.3 is 9.84 Å². The van der Waals surface area contributed by atoms with Crippen molar-refractivity contribution < 1.29 is 14.6 Å². The van der Waals surface area contributed by atoms with E-state index in [4.69, 9.17) is 9.84 Å². The maximum absolute atomic E-state index is 10.7. The summed E-state index contributed by atoms with van der Waals surface area (Å²) in [6.07, 6.45) is 1.23. The molecule has 0 saturated heterocycles. The number of carbonyl (C=O) groups is 1. The van der Waals surface area contributed by atoms with Crippen molar-refractivity contribution in [2.45, 2.75) is 27.7 Å². The predicted octanol–water partition coefficient (Wildman–Crippen LogP) is 3.35. The molecule has 0 aliphatic heterocycles. The minimum Gasteiger partial charge on any atom is -0.489 e. The van der Waals surface area contributed by atoms with Gasteiger partial charge in [-0.05, 0) is 42.5 Å². The summed E-state index contributed by atoms with van der Waals surface area (Å²) >= 11 is 0. The molecule has 3 nitrogen and oxygen atoms in total. The van der Waals surface area contributed by atoms with Crippen LogP contribution in [0.4, 0.5) is 0 Å². The third-order valence-electron chi connectivity index (χ3n) is 3.00. The lowest BCUT2D eigenvalue weighted by Gasteiger charge is -2.14. The second-order valence-electron chi connectivity index (χ2n) is 4.70. The van der Waals surface area contributed by atoms with Gasteiger partial charge in [-0.2, -0.15) is 0 Å². The molecule has 0 heterocycles. The van der Waals surface area contributed by atoms with E-state index in [9.17, 15) is 4.79 Å². The van der Waals surface area contributed by atoms with Crippen LogP contribution in [0.15, 0.2) is 29.8 Å². The van der Waals surface area contributed by atoms with E-state index in [1.54, 1.807) is 0 Å². The Kier molecular flexibility index (Phi) is 4.95. The number of benzene rings is 1. The zero-order valence-corrected chi connectivity index (χ0v) is 11.4. The Morgan fingerprint density at radius 1 is 1.39 bits per heavy atom. The van der Waals surface area contributed by atoms with Gasteiger partial charge in [0.15, 0.2) is 0 Å². The molecule has 0 aliphatic rings. The van der Waals surface area contributed by atoms with Gasteiger partial charge >= 0.3 is 5.97 Å². The quantitative estimate of drug-likeness (QED) is 0.813. The van der Waals surface area contributed by atoms with Gasteiger partial charge in [-0.15, -0.1) is 0 Å². The highest BCUT2D eigenvalue weighted by Crippen LogP contribution is 2.22. The average molecular weight is 248 g/mol. The van der Waals surface area contributed by atoms with Crippen molar-refractivity contribution in [3.05, 3.63) is 41.0 Å². The van der Waals surface area contributed by atoms with Crippen molar-refractivity contribution in [3.8, 4) is 5.75 Å². The molecule has 0 radical (unpaired) electrons. The SMILES string of the molecule is Cc1cccc(OC/C(=C/C(=O)O)C(C)C)c1C. The number of aliphatic carboxylic acids is 1. The summed E-state index contributed by atoms with van der Waals surface area (Å²) in [4.78, 5) is 10.7. The predicted molar refractivity (Wildman–Crippen MR) is 72.0 cm³/mol. The fourth-order valence-corrected chi connectivity index (χ4v) is 1.58. The minimum atomic E-state index is -0.928. The molecule has 98 valence electrons. The number of carboxylic acid groups (broad SMARTS) is 1.